The second kappa shape index (κ2) is 4.83. The Kier molecular flexibility index (Phi) is 3.20. The summed E-state index contributed by atoms with van der Waals surface area (Å²) in [4.78, 5) is 8.60. The van der Waals surface area contributed by atoms with Gasteiger partial charge in [-0.05, 0) is 43.2 Å². The SMILES string of the molecule is Cc1cc(C(F)(F)F)cc(C)c1-c1ccc2c(n1)N=C(N)C2. The number of hydrogen-bond donors (Lipinski definition) is 1. The summed E-state index contributed by atoms with van der Waals surface area (Å²) >= 11 is 0. The molecule has 0 atom stereocenters. The number of halogens is 3. The molecule has 0 amide bonds. The number of alkyl halides is 3. The standard InChI is InChI=1S/C16H14F3N3/c1-8-5-11(16(17,18)19)6-9(2)14(8)12-4-3-10-7-13(20)22-15(10)21-12/h3-6H,7H2,1-2H3,(H2,20,21,22). The molecule has 3 nitrogen and oxygen atoms in total. The van der Waals surface area contributed by atoms with Crippen molar-refractivity contribution in [1.82, 2.24) is 4.98 Å². The van der Waals surface area contributed by atoms with Crippen molar-refractivity contribution < 1.29 is 13.2 Å². The third kappa shape index (κ3) is 2.45. The molecule has 1 aliphatic rings. The van der Waals surface area contributed by atoms with Crippen LogP contribution < -0.4 is 5.73 Å². The van der Waals surface area contributed by atoms with Gasteiger partial charge in [-0.25, -0.2) is 9.98 Å². The first-order valence-corrected chi connectivity index (χ1v) is 6.77. The number of amidine groups is 1. The van der Waals surface area contributed by atoms with Crippen molar-refractivity contribution in [1.29, 1.82) is 0 Å². The predicted molar refractivity (Wildman–Crippen MR) is 79.1 cm³/mol. The zero-order valence-corrected chi connectivity index (χ0v) is 12.1. The van der Waals surface area contributed by atoms with Crippen LogP contribution in [0.5, 0.6) is 0 Å². The van der Waals surface area contributed by atoms with Gasteiger partial charge in [-0.1, -0.05) is 6.07 Å². The highest BCUT2D eigenvalue weighted by Gasteiger charge is 2.31. The van der Waals surface area contributed by atoms with E-state index in [1.165, 1.54) is 0 Å². The Labute approximate surface area is 125 Å². The summed E-state index contributed by atoms with van der Waals surface area (Å²) < 4.78 is 38.6. The molecule has 0 aliphatic carbocycles. The monoisotopic (exact) mass is 305 g/mol. The molecule has 3 rings (SSSR count). The molecular formula is C16H14F3N3. The summed E-state index contributed by atoms with van der Waals surface area (Å²) in [5, 5.41) is 0. The van der Waals surface area contributed by atoms with E-state index in [2.05, 4.69) is 9.98 Å². The number of fused-ring (bicyclic) bond motifs is 1. The van der Waals surface area contributed by atoms with Crippen molar-refractivity contribution >= 4 is 11.7 Å². The zero-order valence-electron chi connectivity index (χ0n) is 12.1. The van der Waals surface area contributed by atoms with Crippen molar-refractivity contribution in [3.63, 3.8) is 0 Å². The Morgan fingerprint density at radius 1 is 1.09 bits per heavy atom. The highest BCUT2D eigenvalue weighted by Crippen LogP contribution is 2.36. The zero-order chi connectivity index (χ0) is 16.1. The van der Waals surface area contributed by atoms with E-state index in [1.807, 2.05) is 6.07 Å². The van der Waals surface area contributed by atoms with Crippen LogP contribution in [-0.4, -0.2) is 10.8 Å². The molecular weight excluding hydrogens is 291 g/mol. The number of hydrogen-bond acceptors (Lipinski definition) is 3. The van der Waals surface area contributed by atoms with Crippen LogP contribution in [0, 0.1) is 13.8 Å². The Hall–Kier alpha value is -2.37. The molecule has 0 bridgehead atoms. The number of aromatic nitrogens is 1. The normalized spacial score (nSPS) is 14.0. The Morgan fingerprint density at radius 2 is 1.73 bits per heavy atom. The highest BCUT2D eigenvalue weighted by atomic mass is 19.4. The third-order valence-corrected chi connectivity index (χ3v) is 3.69. The van der Waals surface area contributed by atoms with Gasteiger partial charge < -0.3 is 5.73 Å². The smallest absolute Gasteiger partial charge is 0.387 e. The molecule has 1 aromatic carbocycles. The van der Waals surface area contributed by atoms with E-state index in [1.54, 1.807) is 19.9 Å². The molecule has 0 spiro atoms. The fraction of sp³-hybridized carbons (Fsp3) is 0.250. The maximum absolute atomic E-state index is 12.9. The van der Waals surface area contributed by atoms with Gasteiger partial charge in [0, 0.05) is 17.5 Å². The predicted octanol–water partition coefficient (Wildman–Crippen LogP) is 3.93. The van der Waals surface area contributed by atoms with Crippen molar-refractivity contribution in [2.75, 3.05) is 0 Å². The molecule has 1 aliphatic heterocycles. The minimum absolute atomic E-state index is 0.500. The summed E-state index contributed by atoms with van der Waals surface area (Å²) in [6, 6.07) is 5.97. The van der Waals surface area contributed by atoms with Gasteiger partial charge >= 0.3 is 6.18 Å². The van der Waals surface area contributed by atoms with Gasteiger partial charge in [-0.15, -0.1) is 0 Å². The maximum atomic E-state index is 12.9. The molecule has 0 saturated carbocycles. The van der Waals surface area contributed by atoms with Crippen molar-refractivity contribution in [2.24, 2.45) is 10.7 Å². The molecule has 2 heterocycles. The van der Waals surface area contributed by atoms with Crippen LogP contribution in [0.25, 0.3) is 11.3 Å². The van der Waals surface area contributed by atoms with Crippen LogP contribution in [0.3, 0.4) is 0 Å². The third-order valence-electron chi connectivity index (χ3n) is 3.69. The van der Waals surface area contributed by atoms with Gasteiger partial charge in [0.15, 0.2) is 5.82 Å². The summed E-state index contributed by atoms with van der Waals surface area (Å²) in [5.74, 6) is 1.05. The van der Waals surface area contributed by atoms with Crippen LogP contribution in [0.2, 0.25) is 0 Å². The number of nitrogens with zero attached hydrogens (tertiary/aromatic N) is 2. The van der Waals surface area contributed by atoms with E-state index in [9.17, 15) is 13.2 Å². The number of aryl methyl sites for hydroxylation is 2. The van der Waals surface area contributed by atoms with Gasteiger partial charge in [0.05, 0.1) is 11.3 Å². The van der Waals surface area contributed by atoms with E-state index in [0.29, 0.717) is 40.5 Å². The second-order valence-corrected chi connectivity index (χ2v) is 5.44. The lowest BCUT2D eigenvalue weighted by atomic mass is 9.96. The summed E-state index contributed by atoms with van der Waals surface area (Å²) in [7, 11) is 0. The lowest BCUT2D eigenvalue weighted by molar-refractivity contribution is -0.137. The number of nitrogens with two attached hydrogens (primary N) is 1. The van der Waals surface area contributed by atoms with Crippen molar-refractivity contribution in [3.8, 4) is 11.3 Å². The first-order chi connectivity index (χ1) is 10.3. The van der Waals surface area contributed by atoms with Gasteiger partial charge in [0.2, 0.25) is 0 Å². The van der Waals surface area contributed by atoms with E-state index >= 15 is 0 Å². The minimum atomic E-state index is -4.35. The van der Waals surface area contributed by atoms with E-state index in [4.69, 9.17) is 5.73 Å². The Balaban J connectivity index is 2.12. The maximum Gasteiger partial charge on any atom is 0.416 e. The fourth-order valence-electron chi connectivity index (χ4n) is 2.75. The second-order valence-electron chi connectivity index (χ2n) is 5.44. The topological polar surface area (TPSA) is 51.3 Å². The summed E-state index contributed by atoms with van der Waals surface area (Å²) in [5.41, 5.74) is 8.37. The number of benzene rings is 1. The van der Waals surface area contributed by atoms with Gasteiger partial charge in [-0.3, -0.25) is 0 Å². The molecule has 22 heavy (non-hydrogen) atoms. The molecule has 2 N–H and O–H groups in total. The van der Waals surface area contributed by atoms with E-state index in [0.717, 1.165) is 17.7 Å². The average molecular weight is 305 g/mol. The average Bonchev–Trinajstić information content (AvgIpc) is 2.76. The van der Waals surface area contributed by atoms with Crippen LogP contribution in [0.4, 0.5) is 19.0 Å². The summed E-state index contributed by atoms with van der Waals surface area (Å²) in [6.45, 7) is 3.31. The molecule has 6 heteroatoms. The largest absolute Gasteiger partial charge is 0.416 e. The Bertz CT molecular complexity index is 769. The Morgan fingerprint density at radius 3 is 2.32 bits per heavy atom. The molecule has 0 saturated heterocycles. The quantitative estimate of drug-likeness (QED) is 0.868. The minimum Gasteiger partial charge on any atom is -0.387 e. The molecule has 2 aromatic rings. The number of rotatable bonds is 1. The van der Waals surface area contributed by atoms with Crippen molar-refractivity contribution in [2.45, 2.75) is 26.4 Å². The lowest BCUT2D eigenvalue weighted by Crippen LogP contribution is -2.09. The van der Waals surface area contributed by atoms with Crippen LogP contribution >= 0.6 is 0 Å². The van der Waals surface area contributed by atoms with Gasteiger partial charge in [0.1, 0.15) is 5.84 Å². The fourth-order valence-corrected chi connectivity index (χ4v) is 2.75. The first kappa shape index (κ1) is 14.6. The van der Waals surface area contributed by atoms with E-state index in [-0.39, 0.29) is 0 Å². The molecule has 0 radical (unpaired) electrons. The first-order valence-electron chi connectivity index (χ1n) is 6.77. The molecule has 0 unspecified atom stereocenters. The summed E-state index contributed by atoms with van der Waals surface area (Å²) in [6.07, 6.45) is -3.79. The molecule has 1 aromatic heterocycles. The van der Waals surface area contributed by atoms with Gasteiger partial charge in [0.25, 0.3) is 0 Å². The van der Waals surface area contributed by atoms with Crippen LogP contribution in [0.1, 0.15) is 22.3 Å². The van der Waals surface area contributed by atoms with Crippen molar-refractivity contribution in [3.05, 3.63) is 46.5 Å². The molecule has 114 valence electrons. The lowest BCUT2D eigenvalue weighted by Gasteiger charge is -2.14. The van der Waals surface area contributed by atoms with Crippen LogP contribution in [0.15, 0.2) is 29.3 Å². The van der Waals surface area contributed by atoms with Crippen LogP contribution in [-0.2, 0) is 12.6 Å². The molecule has 0 fully saturated rings. The highest BCUT2D eigenvalue weighted by molar-refractivity contribution is 5.90. The number of pyridine rings is 1. The van der Waals surface area contributed by atoms with E-state index < -0.39 is 11.7 Å². The van der Waals surface area contributed by atoms with Gasteiger partial charge in [-0.2, -0.15) is 13.2 Å². The number of aliphatic imine (C=N–C) groups is 1.